The number of anilines is 1. The second kappa shape index (κ2) is 7.11. The van der Waals surface area contributed by atoms with Gasteiger partial charge in [-0.2, -0.15) is 0 Å². The van der Waals surface area contributed by atoms with Crippen LogP contribution >= 0.6 is 11.6 Å². The maximum atomic E-state index is 11.3. The minimum absolute atomic E-state index is 0.176. The number of hydrogen-bond acceptors (Lipinski definition) is 3. The van der Waals surface area contributed by atoms with E-state index < -0.39 is 0 Å². The van der Waals surface area contributed by atoms with Crippen molar-refractivity contribution >= 4 is 23.2 Å². The number of nitrogens with two attached hydrogens (primary N) is 2. The Bertz CT molecular complexity index is 613. The third-order valence-corrected chi connectivity index (χ3v) is 3.49. The summed E-state index contributed by atoms with van der Waals surface area (Å²) in [5, 5.41) is 0.685. The Morgan fingerprint density at radius 3 is 2.33 bits per heavy atom. The van der Waals surface area contributed by atoms with Gasteiger partial charge in [-0.3, -0.25) is 9.69 Å². The van der Waals surface area contributed by atoms with Crippen LogP contribution in [0, 0.1) is 0 Å². The van der Waals surface area contributed by atoms with Gasteiger partial charge in [0.05, 0.1) is 6.54 Å². The molecule has 0 bridgehead atoms. The molecule has 0 spiro atoms. The van der Waals surface area contributed by atoms with E-state index in [-0.39, 0.29) is 12.5 Å². The van der Waals surface area contributed by atoms with Crippen LogP contribution in [0.25, 0.3) is 0 Å². The highest BCUT2D eigenvalue weighted by Crippen LogP contribution is 2.18. The Hall–Kier alpha value is -2.04. The van der Waals surface area contributed by atoms with E-state index in [0.717, 1.165) is 11.1 Å². The first-order valence-electron chi connectivity index (χ1n) is 6.63. The monoisotopic (exact) mass is 303 g/mol. The Kier molecular flexibility index (Phi) is 5.20. The van der Waals surface area contributed by atoms with Crippen molar-refractivity contribution in [3.05, 3.63) is 64.7 Å². The topological polar surface area (TPSA) is 72.4 Å². The molecule has 0 aliphatic carbocycles. The molecule has 0 aromatic heterocycles. The molecule has 0 saturated heterocycles. The molecule has 0 aliphatic rings. The van der Waals surface area contributed by atoms with Crippen molar-refractivity contribution in [2.24, 2.45) is 5.73 Å². The fraction of sp³-hybridized carbons (Fsp3) is 0.188. The summed E-state index contributed by atoms with van der Waals surface area (Å²) in [6.45, 7) is 1.34. The van der Waals surface area contributed by atoms with Crippen LogP contribution in [0.15, 0.2) is 48.5 Å². The summed E-state index contributed by atoms with van der Waals surface area (Å²) in [7, 11) is 0. The lowest BCUT2D eigenvalue weighted by Gasteiger charge is -2.21. The smallest absolute Gasteiger partial charge is 0.231 e. The van der Waals surface area contributed by atoms with E-state index in [1.165, 1.54) is 0 Å². The van der Waals surface area contributed by atoms with Crippen molar-refractivity contribution in [1.82, 2.24) is 4.90 Å². The third kappa shape index (κ3) is 4.77. The van der Waals surface area contributed by atoms with Gasteiger partial charge >= 0.3 is 0 Å². The molecule has 2 aromatic carbocycles. The minimum atomic E-state index is -0.363. The van der Waals surface area contributed by atoms with Crippen LogP contribution in [0.1, 0.15) is 11.1 Å². The number of nitrogen functional groups attached to an aromatic ring is 1. The fourth-order valence-electron chi connectivity index (χ4n) is 2.14. The van der Waals surface area contributed by atoms with Gasteiger partial charge in [0.1, 0.15) is 0 Å². The quantitative estimate of drug-likeness (QED) is 0.805. The van der Waals surface area contributed by atoms with Gasteiger partial charge in [0, 0.05) is 23.8 Å². The van der Waals surface area contributed by atoms with Gasteiger partial charge in [-0.15, -0.1) is 0 Å². The zero-order valence-corrected chi connectivity index (χ0v) is 12.4. The molecule has 21 heavy (non-hydrogen) atoms. The molecular formula is C16H18ClN3O. The van der Waals surface area contributed by atoms with Gasteiger partial charge in [0.2, 0.25) is 5.91 Å². The first-order chi connectivity index (χ1) is 10.0. The normalized spacial score (nSPS) is 10.8. The molecule has 2 aromatic rings. The van der Waals surface area contributed by atoms with Crippen LogP contribution in [0.2, 0.25) is 5.02 Å². The summed E-state index contributed by atoms with van der Waals surface area (Å²) in [4.78, 5) is 13.2. The molecule has 0 fully saturated rings. The Balaban J connectivity index is 2.12. The van der Waals surface area contributed by atoms with Crippen LogP contribution in [0.3, 0.4) is 0 Å². The Morgan fingerprint density at radius 2 is 1.71 bits per heavy atom. The van der Waals surface area contributed by atoms with E-state index >= 15 is 0 Å². The number of rotatable bonds is 6. The number of carbonyl (C=O) groups is 1. The SMILES string of the molecule is NC(=O)CN(Cc1ccc(N)cc1)Cc1ccccc1Cl. The van der Waals surface area contributed by atoms with Gasteiger partial charge in [0.15, 0.2) is 0 Å². The molecular weight excluding hydrogens is 286 g/mol. The third-order valence-electron chi connectivity index (χ3n) is 3.12. The number of nitrogens with zero attached hydrogens (tertiary/aromatic N) is 1. The average Bonchev–Trinajstić information content (AvgIpc) is 2.43. The first kappa shape index (κ1) is 15.4. The number of benzene rings is 2. The maximum Gasteiger partial charge on any atom is 0.231 e. The first-order valence-corrected chi connectivity index (χ1v) is 7.01. The van der Waals surface area contributed by atoms with Crippen molar-refractivity contribution in [1.29, 1.82) is 0 Å². The van der Waals surface area contributed by atoms with Crippen molar-refractivity contribution in [3.63, 3.8) is 0 Å². The molecule has 0 unspecified atom stereocenters. The molecule has 0 radical (unpaired) electrons. The molecule has 0 aliphatic heterocycles. The summed E-state index contributed by atoms with van der Waals surface area (Å²) >= 11 is 6.17. The highest BCUT2D eigenvalue weighted by Gasteiger charge is 2.11. The molecule has 1 amide bonds. The summed E-state index contributed by atoms with van der Waals surface area (Å²) < 4.78 is 0. The number of primary amides is 1. The second-order valence-corrected chi connectivity index (χ2v) is 5.35. The lowest BCUT2D eigenvalue weighted by atomic mass is 10.1. The van der Waals surface area contributed by atoms with E-state index in [1.807, 2.05) is 53.4 Å². The lowest BCUT2D eigenvalue weighted by molar-refractivity contribution is -0.119. The minimum Gasteiger partial charge on any atom is -0.399 e. The van der Waals surface area contributed by atoms with Gasteiger partial charge in [0.25, 0.3) is 0 Å². The van der Waals surface area contributed by atoms with Gasteiger partial charge in [-0.1, -0.05) is 41.9 Å². The van der Waals surface area contributed by atoms with Crippen LogP contribution < -0.4 is 11.5 Å². The fourth-order valence-corrected chi connectivity index (χ4v) is 2.33. The molecule has 4 N–H and O–H groups in total. The van der Waals surface area contributed by atoms with Crippen LogP contribution in [0.5, 0.6) is 0 Å². The average molecular weight is 304 g/mol. The maximum absolute atomic E-state index is 11.3. The van der Waals surface area contributed by atoms with Crippen molar-refractivity contribution in [2.75, 3.05) is 12.3 Å². The highest BCUT2D eigenvalue weighted by atomic mass is 35.5. The lowest BCUT2D eigenvalue weighted by Crippen LogP contribution is -2.33. The number of hydrogen-bond donors (Lipinski definition) is 2. The largest absolute Gasteiger partial charge is 0.399 e. The highest BCUT2D eigenvalue weighted by molar-refractivity contribution is 6.31. The summed E-state index contributed by atoms with van der Waals surface area (Å²) in [6.07, 6.45) is 0. The number of halogens is 1. The standard InChI is InChI=1S/C16H18ClN3O/c17-15-4-2-1-3-13(15)10-20(11-16(19)21)9-12-5-7-14(18)8-6-12/h1-8H,9-11,18H2,(H2,19,21). The molecule has 110 valence electrons. The van der Waals surface area contributed by atoms with E-state index in [1.54, 1.807) is 0 Å². The van der Waals surface area contributed by atoms with Gasteiger partial charge < -0.3 is 11.5 Å². The zero-order valence-electron chi connectivity index (χ0n) is 11.6. The Morgan fingerprint density at radius 1 is 1.05 bits per heavy atom. The number of amides is 1. The van der Waals surface area contributed by atoms with E-state index in [0.29, 0.717) is 23.8 Å². The summed E-state index contributed by atoms with van der Waals surface area (Å²) in [5.41, 5.74) is 13.8. The van der Waals surface area contributed by atoms with Crippen LogP contribution in [0.4, 0.5) is 5.69 Å². The molecule has 2 rings (SSSR count). The molecule has 4 nitrogen and oxygen atoms in total. The van der Waals surface area contributed by atoms with Crippen molar-refractivity contribution in [2.45, 2.75) is 13.1 Å². The summed E-state index contributed by atoms with van der Waals surface area (Å²) in [5.74, 6) is -0.363. The second-order valence-electron chi connectivity index (χ2n) is 4.94. The molecule has 0 saturated carbocycles. The number of carbonyl (C=O) groups excluding carboxylic acids is 1. The van der Waals surface area contributed by atoms with Crippen LogP contribution in [-0.4, -0.2) is 17.4 Å². The molecule has 0 atom stereocenters. The van der Waals surface area contributed by atoms with Gasteiger partial charge in [-0.25, -0.2) is 0 Å². The van der Waals surface area contributed by atoms with E-state index in [2.05, 4.69) is 0 Å². The van der Waals surface area contributed by atoms with E-state index in [9.17, 15) is 4.79 Å². The zero-order chi connectivity index (χ0) is 15.2. The molecule has 0 heterocycles. The predicted molar refractivity (Wildman–Crippen MR) is 85.6 cm³/mol. The predicted octanol–water partition coefficient (Wildman–Crippen LogP) is 2.41. The Labute approximate surface area is 129 Å². The van der Waals surface area contributed by atoms with Crippen LogP contribution in [-0.2, 0) is 17.9 Å². The van der Waals surface area contributed by atoms with Crippen molar-refractivity contribution < 1.29 is 4.79 Å². The van der Waals surface area contributed by atoms with E-state index in [4.69, 9.17) is 23.1 Å². The van der Waals surface area contributed by atoms with Gasteiger partial charge in [-0.05, 0) is 29.3 Å². The summed E-state index contributed by atoms with van der Waals surface area (Å²) in [6, 6.07) is 15.1. The van der Waals surface area contributed by atoms with Crippen molar-refractivity contribution in [3.8, 4) is 0 Å². The molecule has 5 heteroatoms.